The van der Waals surface area contributed by atoms with Gasteiger partial charge in [-0.2, -0.15) is 4.31 Å². The minimum atomic E-state index is -4.12. The zero-order valence-corrected chi connectivity index (χ0v) is 17.9. The number of hydrogen-bond donors (Lipinski definition) is 1. The Morgan fingerprint density at radius 2 is 1.73 bits per heavy atom. The molecule has 1 fully saturated rings. The van der Waals surface area contributed by atoms with Crippen molar-refractivity contribution in [2.24, 2.45) is 11.1 Å². The summed E-state index contributed by atoms with van der Waals surface area (Å²) in [6, 6.07) is 13.8. The second-order valence-corrected chi connectivity index (χ2v) is 9.61. The van der Waals surface area contributed by atoms with Crippen LogP contribution in [0.5, 0.6) is 5.75 Å². The number of amides is 2. The number of rotatable bonds is 6. The lowest BCUT2D eigenvalue weighted by molar-refractivity contribution is -0.157. The third-order valence-electron chi connectivity index (χ3n) is 5.27. The Labute approximate surface area is 176 Å². The Bertz CT molecular complexity index is 1040. The maximum absolute atomic E-state index is 13.4. The van der Waals surface area contributed by atoms with Crippen LogP contribution in [0.3, 0.4) is 0 Å². The number of nitrogens with zero attached hydrogens (tertiary/aromatic N) is 2. The van der Waals surface area contributed by atoms with Crippen molar-refractivity contribution < 1.29 is 22.7 Å². The van der Waals surface area contributed by atoms with Crippen LogP contribution in [-0.2, 0) is 26.2 Å². The number of benzene rings is 2. The quantitative estimate of drug-likeness (QED) is 0.746. The normalized spacial score (nSPS) is 19.5. The van der Waals surface area contributed by atoms with E-state index in [0.29, 0.717) is 5.75 Å². The molecule has 2 amide bonds. The number of hydrogen-bond acceptors (Lipinski definition) is 5. The minimum Gasteiger partial charge on any atom is -0.497 e. The molecule has 9 heteroatoms. The van der Waals surface area contributed by atoms with E-state index in [1.165, 1.54) is 36.3 Å². The van der Waals surface area contributed by atoms with Gasteiger partial charge in [-0.25, -0.2) is 8.42 Å². The van der Waals surface area contributed by atoms with Crippen LogP contribution in [0.15, 0.2) is 59.5 Å². The van der Waals surface area contributed by atoms with Crippen molar-refractivity contribution >= 4 is 21.8 Å². The molecule has 1 saturated heterocycles. The van der Waals surface area contributed by atoms with E-state index in [1.54, 1.807) is 13.8 Å². The first-order valence-electron chi connectivity index (χ1n) is 9.37. The zero-order valence-electron chi connectivity index (χ0n) is 17.1. The second-order valence-electron chi connectivity index (χ2n) is 7.72. The average molecular weight is 432 g/mol. The summed E-state index contributed by atoms with van der Waals surface area (Å²) < 4.78 is 33.0. The molecule has 8 nitrogen and oxygen atoms in total. The molecule has 1 aliphatic rings. The van der Waals surface area contributed by atoms with E-state index in [4.69, 9.17) is 10.5 Å². The monoisotopic (exact) mass is 431 g/mol. The summed E-state index contributed by atoms with van der Waals surface area (Å²) in [6.07, 6.45) is 0. The van der Waals surface area contributed by atoms with Gasteiger partial charge in [0.1, 0.15) is 11.8 Å². The number of nitrogens with two attached hydrogens (primary N) is 1. The van der Waals surface area contributed by atoms with E-state index >= 15 is 0 Å². The lowest BCUT2D eigenvalue weighted by Crippen LogP contribution is -2.67. The molecular formula is C21H25N3O5S. The molecule has 0 radical (unpaired) electrons. The summed E-state index contributed by atoms with van der Waals surface area (Å²) in [4.78, 5) is 26.8. The highest BCUT2D eigenvalue weighted by atomic mass is 32.2. The van der Waals surface area contributed by atoms with Gasteiger partial charge in [0, 0.05) is 6.54 Å². The Kier molecular flexibility index (Phi) is 5.87. The Morgan fingerprint density at radius 3 is 2.27 bits per heavy atom. The molecule has 1 heterocycles. The summed E-state index contributed by atoms with van der Waals surface area (Å²) in [6.45, 7) is 3.01. The second kappa shape index (κ2) is 8.08. The maximum Gasteiger partial charge on any atom is 0.245 e. The van der Waals surface area contributed by atoms with E-state index in [9.17, 15) is 18.0 Å². The summed E-state index contributed by atoms with van der Waals surface area (Å²) in [5.41, 5.74) is 5.09. The van der Waals surface area contributed by atoms with Gasteiger partial charge in [0.25, 0.3) is 0 Å². The van der Waals surface area contributed by atoms with Crippen molar-refractivity contribution in [1.29, 1.82) is 0 Å². The summed E-state index contributed by atoms with van der Waals surface area (Å²) in [5.74, 6) is -0.707. The lowest BCUT2D eigenvalue weighted by atomic mass is 9.80. The fourth-order valence-electron chi connectivity index (χ4n) is 3.72. The van der Waals surface area contributed by atoms with Crippen LogP contribution in [0.25, 0.3) is 0 Å². The fraction of sp³-hybridized carbons (Fsp3) is 0.333. The van der Waals surface area contributed by atoms with Crippen LogP contribution in [0.2, 0.25) is 0 Å². The van der Waals surface area contributed by atoms with Crippen molar-refractivity contribution in [3.63, 3.8) is 0 Å². The van der Waals surface area contributed by atoms with Gasteiger partial charge < -0.3 is 15.4 Å². The molecule has 3 rings (SSSR count). The number of ether oxygens (including phenoxy) is 1. The molecule has 1 unspecified atom stereocenters. The number of methoxy groups -OCH3 is 1. The average Bonchev–Trinajstić information content (AvgIpc) is 2.71. The van der Waals surface area contributed by atoms with Gasteiger partial charge in [-0.15, -0.1) is 0 Å². The molecule has 0 spiro atoms. The van der Waals surface area contributed by atoms with Crippen molar-refractivity contribution in [2.45, 2.75) is 31.3 Å². The first kappa shape index (κ1) is 21.8. The van der Waals surface area contributed by atoms with Crippen LogP contribution in [0.1, 0.15) is 19.4 Å². The molecule has 0 saturated carbocycles. The first-order valence-corrected chi connectivity index (χ1v) is 10.8. The molecule has 160 valence electrons. The van der Waals surface area contributed by atoms with E-state index in [0.717, 1.165) is 9.87 Å². The third-order valence-corrected chi connectivity index (χ3v) is 7.08. The van der Waals surface area contributed by atoms with Crippen LogP contribution in [-0.4, -0.2) is 49.3 Å². The summed E-state index contributed by atoms with van der Waals surface area (Å²) >= 11 is 0. The van der Waals surface area contributed by atoms with Crippen LogP contribution in [0, 0.1) is 5.41 Å². The fourth-order valence-corrected chi connectivity index (χ4v) is 5.41. The molecular weight excluding hydrogens is 406 g/mol. The van der Waals surface area contributed by atoms with Crippen LogP contribution >= 0.6 is 0 Å². The highest BCUT2D eigenvalue weighted by molar-refractivity contribution is 7.89. The van der Waals surface area contributed by atoms with Crippen molar-refractivity contribution in [3.8, 4) is 5.75 Å². The van der Waals surface area contributed by atoms with Crippen LogP contribution < -0.4 is 10.5 Å². The van der Waals surface area contributed by atoms with Gasteiger partial charge in [0.05, 0.1) is 24.1 Å². The Morgan fingerprint density at radius 1 is 1.13 bits per heavy atom. The highest BCUT2D eigenvalue weighted by Gasteiger charge is 2.54. The van der Waals surface area contributed by atoms with Gasteiger partial charge in [0.15, 0.2) is 0 Å². The maximum atomic E-state index is 13.4. The number of primary amides is 1. The number of carbonyl (C=O) groups excluding carboxylic acids is 2. The molecule has 0 aromatic heterocycles. The topological polar surface area (TPSA) is 110 Å². The van der Waals surface area contributed by atoms with Gasteiger partial charge in [-0.05, 0) is 43.7 Å². The molecule has 2 aromatic carbocycles. The van der Waals surface area contributed by atoms with Crippen LogP contribution in [0.4, 0.5) is 0 Å². The van der Waals surface area contributed by atoms with Gasteiger partial charge in [-0.1, -0.05) is 30.3 Å². The number of sulfonamides is 1. The molecule has 1 atom stereocenters. The van der Waals surface area contributed by atoms with Gasteiger partial charge in [-0.3, -0.25) is 9.59 Å². The lowest BCUT2D eigenvalue weighted by Gasteiger charge is -2.47. The largest absolute Gasteiger partial charge is 0.497 e. The SMILES string of the molecule is COc1ccc(S(=O)(=O)N2CN(Cc3ccccc3)C(=O)C(C)(C)C2C(N)=O)cc1. The van der Waals surface area contributed by atoms with E-state index in [2.05, 4.69) is 0 Å². The van der Waals surface area contributed by atoms with Gasteiger partial charge >= 0.3 is 0 Å². The van der Waals surface area contributed by atoms with E-state index < -0.39 is 27.4 Å². The minimum absolute atomic E-state index is 0.0145. The van der Waals surface area contributed by atoms with Gasteiger partial charge in [0.2, 0.25) is 21.8 Å². The summed E-state index contributed by atoms with van der Waals surface area (Å²) in [5, 5.41) is 0. The number of carbonyl (C=O) groups is 2. The van der Waals surface area contributed by atoms with Crippen molar-refractivity contribution in [3.05, 3.63) is 60.2 Å². The molecule has 2 N–H and O–H groups in total. The smallest absolute Gasteiger partial charge is 0.245 e. The molecule has 2 aromatic rings. The molecule has 30 heavy (non-hydrogen) atoms. The highest BCUT2D eigenvalue weighted by Crippen LogP contribution is 2.36. The van der Waals surface area contributed by atoms with Crippen molar-refractivity contribution in [1.82, 2.24) is 9.21 Å². The Hall–Kier alpha value is -2.91. The third kappa shape index (κ3) is 3.90. The standard InChI is InChI=1S/C21H25N3O5S/c1-21(2)18(19(22)25)24(30(27,28)17-11-9-16(29-3)10-12-17)14-23(20(21)26)13-15-7-5-4-6-8-15/h4-12,18H,13-14H2,1-3H3,(H2,22,25). The van der Waals surface area contributed by atoms with Crippen molar-refractivity contribution in [2.75, 3.05) is 13.8 Å². The molecule has 1 aliphatic heterocycles. The van der Waals surface area contributed by atoms with E-state index in [1.807, 2.05) is 30.3 Å². The Balaban J connectivity index is 2.04. The predicted octanol–water partition coefficient (Wildman–Crippen LogP) is 1.57. The zero-order chi connectivity index (χ0) is 22.1. The molecule has 0 aliphatic carbocycles. The van der Waals surface area contributed by atoms with E-state index in [-0.39, 0.29) is 24.0 Å². The summed E-state index contributed by atoms with van der Waals surface area (Å²) in [7, 11) is -2.64. The molecule has 0 bridgehead atoms. The predicted molar refractivity (Wildman–Crippen MR) is 111 cm³/mol. The first-order chi connectivity index (χ1) is 14.1.